The van der Waals surface area contributed by atoms with Crippen molar-refractivity contribution in [2.24, 2.45) is 0 Å². The number of carbonyl (C=O) groups excluding carboxylic acids is 1. The van der Waals surface area contributed by atoms with Gasteiger partial charge in [-0.2, -0.15) is 0 Å². The van der Waals surface area contributed by atoms with Gasteiger partial charge in [-0.1, -0.05) is 6.92 Å². The molecular weight excluding hydrogens is 106 g/mol. The zero-order valence-corrected chi connectivity index (χ0v) is 4.94. The molecule has 0 bridgehead atoms. The molecule has 1 N–H and O–H groups in total. The Balaban J connectivity index is 2.99. The minimum Gasteiger partial charge on any atom is -0.464 e. The van der Waals surface area contributed by atoms with Crippen molar-refractivity contribution in [3.05, 3.63) is 0 Å². The van der Waals surface area contributed by atoms with Crippen LogP contribution in [0.5, 0.6) is 0 Å². The summed E-state index contributed by atoms with van der Waals surface area (Å²) >= 11 is 0. The van der Waals surface area contributed by atoms with Gasteiger partial charge in [0.2, 0.25) is 0 Å². The molecule has 0 saturated heterocycles. The predicted octanol–water partition coefficient (Wildman–Crippen LogP) is 0.222. The average molecular weight is 116 g/mol. The molecule has 0 aliphatic heterocycles. The normalized spacial score (nSPS) is 8.75. The molecule has 0 aromatic rings. The van der Waals surface area contributed by atoms with Crippen molar-refractivity contribution < 1.29 is 9.53 Å². The van der Waals surface area contributed by atoms with E-state index < -0.39 is 0 Å². The number of rotatable bonds is 3. The van der Waals surface area contributed by atoms with Gasteiger partial charge in [0.1, 0.15) is 6.61 Å². The Morgan fingerprint density at radius 3 is 2.75 bits per heavy atom. The molecule has 8 heavy (non-hydrogen) atoms. The molecule has 3 nitrogen and oxygen atoms in total. The van der Waals surface area contributed by atoms with Crippen LogP contribution in [-0.4, -0.2) is 19.1 Å². The third kappa shape index (κ3) is 3.61. The summed E-state index contributed by atoms with van der Waals surface area (Å²) in [6.07, 6.45) is 0.403. The molecule has 0 aliphatic rings. The van der Waals surface area contributed by atoms with E-state index in [0.717, 1.165) is 0 Å². The summed E-state index contributed by atoms with van der Waals surface area (Å²) in [7, 11) is 0. The fourth-order valence-corrected chi connectivity index (χ4v) is 0.267. The monoisotopic (exact) mass is 116 g/mol. The molecule has 0 atom stereocenters. The molecule has 3 heteroatoms. The van der Waals surface area contributed by atoms with E-state index >= 15 is 0 Å². The molecule has 0 saturated carbocycles. The van der Waals surface area contributed by atoms with E-state index in [1.807, 2.05) is 0 Å². The largest absolute Gasteiger partial charge is 0.464 e. The highest BCUT2D eigenvalue weighted by molar-refractivity contribution is 5.68. The van der Waals surface area contributed by atoms with Gasteiger partial charge in [-0.15, -0.1) is 0 Å². The maximum absolute atomic E-state index is 10.3. The fraction of sp³-hybridized carbons (Fsp3) is 0.800. The van der Waals surface area contributed by atoms with Crippen molar-refractivity contribution in [3.63, 3.8) is 0 Å². The summed E-state index contributed by atoms with van der Waals surface area (Å²) in [4.78, 5) is 10.3. The Morgan fingerprint density at radius 1 is 1.75 bits per heavy atom. The van der Waals surface area contributed by atoms with E-state index in [2.05, 4.69) is 4.74 Å². The van der Waals surface area contributed by atoms with Gasteiger partial charge < -0.3 is 4.74 Å². The minimum absolute atomic E-state index is 0.158. The summed E-state index contributed by atoms with van der Waals surface area (Å²) in [5, 5.41) is 0. The van der Waals surface area contributed by atoms with Gasteiger partial charge in [-0.25, -0.2) is 0 Å². The molecule has 0 aromatic carbocycles. The smallest absolute Gasteiger partial charge is 0.305 e. The lowest BCUT2D eigenvalue weighted by Gasteiger charge is -1.96. The van der Waals surface area contributed by atoms with Crippen LogP contribution in [0.3, 0.4) is 0 Å². The fourth-order valence-electron chi connectivity index (χ4n) is 0.267. The van der Waals surface area contributed by atoms with E-state index in [0.29, 0.717) is 6.42 Å². The van der Waals surface area contributed by atoms with Crippen LogP contribution in [0.25, 0.3) is 0 Å². The van der Waals surface area contributed by atoms with Gasteiger partial charge >= 0.3 is 5.97 Å². The van der Waals surface area contributed by atoms with Gasteiger partial charge in [0.15, 0.2) is 0 Å². The van der Waals surface area contributed by atoms with E-state index in [-0.39, 0.29) is 19.1 Å². The predicted molar refractivity (Wildman–Crippen MR) is 29.2 cm³/mol. The van der Waals surface area contributed by atoms with Gasteiger partial charge in [0.05, 0.1) is 0 Å². The summed E-state index contributed by atoms with van der Waals surface area (Å²) in [6, 6.07) is 0. The van der Waals surface area contributed by atoms with Gasteiger partial charge in [0.25, 0.3) is 0 Å². The van der Waals surface area contributed by atoms with Crippen LogP contribution in [0.2, 0.25) is 0 Å². The highest BCUT2D eigenvalue weighted by atomic mass is 16.5. The molecule has 0 aliphatic carbocycles. The zero-order valence-electron chi connectivity index (χ0n) is 4.94. The molecule has 0 spiro atoms. The topological polar surface area (TPSA) is 50.1 Å². The lowest BCUT2D eigenvalue weighted by atomic mass is 10.5. The van der Waals surface area contributed by atoms with Crippen LogP contribution < -0.4 is 5.73 Å². The first kappa shape index (κ1) is 7.43. The second-order valence-electron chi connectivity index (χ2n) is 1.32. The lowest BCUT2D eigenvalue weighted by Crippen LogP contribution is -2.06. The Hall–Kier alpha value is -0.570. The number of nitrogens with one attached hydrogen (secondary N) is 1. The highest BCUT2D eigenvalue weighted by Crippen LogP contribution is 1.81. The van der Waals surface area contributed by atoms with Crippen LogP contribution >= 0.6 is 0 Å². The zero-order chi connectivity index (χ0) is 6.41. The van der Waals surface area contributed by atoms with Gasteiger partial charge in [-0.3, -0.25) is 10.5 Å². The molecule has 0 heterocycles. The maximum atomic E-state index is 10.3. The first-order valence-electron chi connectivity index (χ1n) is 2.61. The Kier molecular flexibility index (Phi) is 4.26. The molecular formula is C5H10NO2. The standard InChI is InChI=1S/C5H10NO2/c1-2-5(7)8-4-3-6/h6H,2-4H2,1H3. The SMILES string of the molecule is CCC(=O)OCC[NH]. The summed E-state index contributed by atoms with van der Waals surface area (Å²) in [5.74, 6) is -0.225. The van der Waals surface area contributed by atoms with Crippen molar-refractivity contribution in [2.45, 2.75) is 13.3 Å². The van der Waals surface area contributed by atoms with Crippen molar-refractivity contribution in [1.82, 2.24) is 5.73 Å². The summed E-state index contributed by atoms with van der Waals surface area (Å²) in [6.45, 7) is 2.12. The van der Waals surface area contributed by atoms with Crippen molar-refractivity contribution in [3.8, 4) is 0 Å². The third-order valence-corrected chi connectivity index (χ3v) is 0.654. The van der Waals surface area contributed by atoms with Crippen molar-refractivity contribution >= 4 is 5.97 Å². The quantitative estimate of drug-likeness (QED) is 0.495. The van der Waals surface area contributed by atoms with E-state index in [1.54, 1.807) is 6.92 Å². The molecule has 47 valence electrons. The van der Waals surface area contributed by atoms with Crippen LogP contribution in [0, 0.1) is 0 Å². The third-order valence-electron chi connectivity index (χ3n) is 0.654. The first-order valence-corrected chi connectivity index (χ1v) is 2.61. The lowest BCUT2D eigenvalue weighted by molar-refractivity contribution is -0.142. The molecule has 0 fully saturated rings. The van der Waals surface area contributed by atoms with Crippen molar-refractivity contribution in [2.75, 3.05) is 13.2 Å². The van der Waals surface area contributed by atoms with Crippen LogP contribution in [0.15, 0.2) is 0 Å². The second kappa shape index (κ2) is 4.59. The van der Waals surface area contributed by atoms with Crippen LogP contribution in [0.1, 0.15) is 13.3 Å². The Labute approximate surface area is 48.8 Å². The molecule has 0 unspecified atom stereocenters. The van der Waals surface area contributed by atoms with Crippen LogP contribution in [0.4, 0.5) is 0 Å². The molecule has 1 radical (unpaired) electrons. The molecule has 0 amide bonds. The average Bonchev–Trinajstić information content (AvgIpc) is 1.83. The van der Waals surface area contributed by atoms with Crippen molar-refractivity contribution in [1.29, 1.82) is 0 Å². The molecule has 0 rings (SSSR count). The Bertz CT molecular complexity index is 72.8. The van der Waals surface area contributed by atoms with E-state index in [4.69, 9.17) is 5.73 Å². The second-order valence-corrected chi connectivity index (χ2v) is 1.32. The van der Waals surface area contributed by atoms with Crippen LogP contribution in [-0.2, 0) is 9.53 Å². The maximum Gasteiger partial charge on any atom is 0.305 e. The highest BCUT2D eigenvalue weighted by Gasteiger charge is 1.93. The number of hydrogen-bond acceptors (Lipinski definition) is 2. The van der Waals surface area contributed by atoms with Gasteiger partial charge in [-0.05, 0) is 0 Å². The summed E-state index contributed by atoms with van der Waals surface area (Å²) < 4.78 is 4.51. The minimum atomic E-state index is -0.225. The first-order chi connectivity index (χ1) is 3.81. The number of hydrogen-bond donors (Lipinski definition) is 0. The van der Waals surface area contributed by atoms with Gasteiger partial charge in [0, 0.05) is 13.0 Å². The number of carbonyl (C=O) groups is 1. The number of ether oxygens (including phenoxy) is 1. The number of esters is 1. The summed E-state index contributed by atoms with van der Waals surface area (Å²) in [5.41, 5.74) is 6.59. The van der Waals surface area contributed by atoms with E-state index in [9.17, 15) is 4.79 Å². The molecule has 0 aromatic heterocycles. The Morgan fingerprint density at radius 2 is 2.38 bits per heavy atom. The van der Waals surface area contributed by atoms with E-state index in [1.165, 1.54) is 0 Å².